The molecule has 0 aromatic carbocycles. The average Bonchev–Trinajstić information content (AvgIpc) is 3.33. The van der Waals surface area contributed by atoms with Gasteiger partial charge in [0.1, 0.15) is 5.69 Å². The predicted octanol–water partition coefficient (Wildman–Crippen LogP) is 1.79. The second kappa shape index (κ2) is 6.29. The Morgan fingerprint density at radius 3 is 2.96 bits per heavy atom. The van der Waals surface area contributed by atoms with Crippen molar-refractivity contribution in [3.63, 3.8) is 0 Å². The summed E-state index contributed by atoms with van der Waals surface area (Å²) >= 11 is 0. The Labute approximate surface area is 144 Å². The maximum absolute atomic E-state index is 12.1. The highest BCUT2D eigenvalue weighted by atomic mass is 16.5. The van der Waals surface area contributed by atoms with Crippen LogP contribution in [0.2, 0.25) is 0 Å². The maximum Gasteiger partial charge on any atom is 0.259 e. The van der Waals surface area contributed by atoms with E-state index in [1.54, 1.807) is 18.3 Å². The number of hydrogen-bond acceptors (Lipinski definition) is 5. The Morgan fingerprint density at radius 1 is 1.40 bits per heavy atom. The number of nitrogens with one attached hydrogen (secondary N) is 1. The van der Waals surface area contributed by atoms with Crippen molar-refractivity contribution >= 4 is 0 Å². The predicted molar refractivity (Wildman–Crippen MR) is 92.2 cm³/mol. The Balaban J connectivity index is 1.86. The molecule has 8 nitrogen and oxygen atoms in total. The van der Waals surface area contributed by atoms with Gasteiger partial charge in [-0.25, -0.2) is 9.67 Å². The molecule has 4 heterocycles. The lowest BCUT2D eigenvalue weighted by Gasteiger charge is -2.09. The summed E-state index contributed by atoms with van der Waals surface area (Å²) in [5.74, 6) is 1.08. The lowest BCUT2D eigenvalue weighted by Crippen LogP contribution is -2.13. The van der Waals surface area contributed by atoms with Crippen LogP contribution < -0.4 is 5.56 Å². The summed E-state index contributed by atoms with van der Waals surface area (Å²) < 4.78 is 9.29. The zero-order valence-corrected chi connectivity index (χ0v) is 14.3. The van der Waals surface area contributed by atoms with Crippen molar-refractivity contribution in [1.29, 1.82) is 0 Å². The monoisotopic (exact) mass is 340 g/mol. The van der Waals surface area contributed by atoms with Crippen molar-refractivity contribution < 1.29 is 4.74 Å². The van der Waals surface area contributed by atoms with Crippen LogP contribution in [-0.4, -0.2) is 42.7 Å². The fourth-order valence-corrected chi connectivity index (χ4v) is 3.12. The molecule has 1 fully saturated rings. The van der Waals surface area contributed by atoms with E-state index in [0.717, 1.165) is 24.4 Å². The van der Waals surface area contributed by atoms with E-state index < -0.39 is 0 Å². The molecule has 0 aliphatic carbocycles. The van der Waals surface area contributed by atoms with E-state index in [-0.39, 0.29) is 11.6 Å². The first-order chi connectivity index (χ1) is 12.2. The highest BCUT2D eigenvalue weighted by Gasteiger charge is 2.26. The SMILES string of the molecule is CCn1nc(-c2nc(-c3ccc[nH]c3=O)nn2C2CCOC2)cc1C. The third-order valence-corrected chi connectivity index (χ3v) is 4.45. The molecule has 0 bridgehead atoms. The first-order valence-electron chi connectivity index (χ1n) is 8.44. The number of nitrogens with zero attached hydrogens (tertiary/aromatic N) is 5. The molecule has 25 heavy (non-hydrogen) atoms. The molecule has 1 atom stereocenters. The zero-order valence-electron chi connectivity index (χ0n) is 14.3. The number of hydrogen-bond donors (Lipinski definition) is 1. The summed E-state index contributed by atoms with van der Waals surface area (Å²) in [6.45, 7) is 6.15. The smallest absolute Gasteiger partial charge is 0.259 e. The highest BCUT2D eigenvalue weighted by Crippen LogP contribution is 2.27. The molecule has 1 N–H and O–H groups in total. The van der Waals surface area contributed by atoms with Gasteiger partial charge in [-0.2, -0.15) is 5.10 Å². The highest BCUT2D eigenvalue weighted by molar-refractivity contribution is 5.59. The molecule has 130 valence electrons. The van der Waals surface area contributed by atoms with Crippen LogP contribution in [0.15, 0.2) is 29.2 Å². The van der Waals surface area contributed by atoms with Crippen molar-refractivity contribution in [2.45, 2.75) is 32.9 Å². The van der Waals surface area contributed by atoms with Gasteiger partial charge in [0.05, 0.1) is 18.2 Å². The molecule has 0 spiro atoms. The molecule has 0 saturated carbocycles. The first-order valence-corrected chi connectivity index (χ1v) is 8.44. The molecular weight excluding hydrogens is 320 g/mol. The summed E-state index contributed by atoms with van der Waals surface area (Å²) in [6, 6.07) is 5.60. The van der Waals surface area contributed by atoms with Crippen molar-refractivity contribution in [3.05, 3.63) is 40.4 Å². The van der Waals surface area contributed by atoms with E-state index in [4.69, 9.17) is 4.74 Å². The third-order valence-electron chi connectivity index (χ3n) is 4.45. The van der Waals surface area contributed by atoms with Crippen LogP contribution in [0, 0.1) is 6.92 Å². The maximum atomic E-state index is 12.1. The number of rotatable bonds is 4. The van der Waals surface area contributed by atoms with Crippen LogP contribution in [0.5, 0.6) is 0 Å². The van der Waals surface area contributed by atoms with E-state index in [9.17, 15) is 4.79 Å². The Morgan fingerprint density at radius 2 is 2.28 bits per heavy atom. The first kappa shape index (κ1) is 15.8. The molecule has 1 aliphatic rings. The molecule has 8 heteroatoms. The summed E-state index contributed by atoms with van der Waals surface area (Å²) in [7, 11) is 0. The van der Waals surface area contributed by atoms with Crippen LogP contribution in [-0.2, 0) is 11.3 Å². The van der Waals surface area contributed by atoms with Gasteiger partial charge in [0, 0.05) is 25.0 Å². The third kappa shape index (κ3) is 2.78. The fourth-order valence-electron chi connectivity index (χ4n) is 3.12. The van der Waals surface area contributed by atoms with Gasteiger partial charge in [0.25, 0.3) is 5.56 Å². The summed E-state index contributed by atoms with van der Waals surface area (Å²) in [5.41, 5.74) is 2.07. The van der Waals surface area contributed by atoms with Crippen LogP contribution >= 0.6 is 0 Å². The van der Waals surface area contributed by atoms with Crippen molar-refractivity contribution in [2.24, 2.45) is 0 Å². The van der Waals surface area contributed by atoms with E-state index >= 15 is 0 Å². The van der Waals surface area contributed by atoms with Crippen LogP contribution in [0.4, 0.5) is 0 Å². The summed E-state index contributed by atoms with van der Waals surface area (Å²) in [5, 5.41) is 9.25. The molecule has 4 rings (SSSR count). The number of aromatic amines is 1. The van der Waals surface area contributed by atoms with Crippen molar-refractivity contribution in [3.8, 4) is 22.9 Å². The standard InChI is InChI=1S/C17H20N6O2/c1-3-22-11(2)9-14(20-22)16-19-15(13-5-4-7-18-17(13)24)21-23(16)12-6-8-25-10-12/h4-5,7,9,12H,3,6,8,10H2,1-2H3,(H,18,24). The van der Waals surface area contributed by atoms with E-state index in [1.165, 1.54) is 0 Å². The van der Waals surface area contributed by atoms with Gasteiger partial charge in [-0.05, 0) is 38.5 Å². The van der Waals surface area contributed by atoms with E-state index in [0.29, 0.717) is 30.4 Å². The van der Waals surface area contributed by atoms with E-state index in [2.05, 4.69) is 20.2 Å². The van der Waals surface area contributed by atoms with E-state index in [1.807, 2.05) is 29.3 Å². The van der Waals surface area contributed by atoms with Gasteiger partial charge < -0.3 is 9.72 Å². The Hall–Kier alpha value is -2.74. The van der Waals surface area contributed by atoms with Gasteiger partial charge in [0.2, 0.25) is 0 Å². The molecule has 3 aromatic rings. The van der Waals surface area contributed by atoms with Crippen molar-refractivity contribution in [2.75, 3.05) is 13.2 Å². The number of H-pyrrole nitrogens is 1. The van der Waals surface area contributed by atoms with Crippen LogP contribution in [0.3, 0.4) is 0 Å². The number of ether oxygens (including phenoxy) is 1. The van der Waals surface area contributed by atoms with Gasteiger partial charge >= 0.3 is 0 Å². The normalized spacial score (nSPS) is 17.3. The second-order valence-corrected chi connectivity index (χ2v) is 6.12. The van der Waals surface area contributed by atoms with Gasteiger partial charge in [0.15, 0.2) is 11.6 Å². The lowest BCUT2D eigenvalue weighted by molar-refractivity contribution is 0.185. The minimum atomic E-state index is -0.204. The van der Waals surface area contributed by atoms with Gasteiger partial charge in [-0.15, -0.1) is 5.10 Å². The Kier molecular flexibility index (Phi) is 3.96. The topological polar surface area (TPSA) is 90.6 Å². The minimum absolute atomic E-state index is 0.103. The molecule has 1 aliphatic heterocycles. The van der Waals surface area contributed by atoms with Crippen molar-refractivity contribution in [1.82, 2.24) is 29.5 Å². The minimum Gasteiger partial charge on any atom is -0.379 e. The molecule has 0 amide bonds. The molecule has 3 aromatic heterocycles. The molecule has 0 radical (unpaired) electrons. The fraction of sp³-hybridized carbons (Fsp3) is 0.412. The molecule has 1 unspecified atom stereocenters. The number of aryl methyl sites for hydroxylation is 2. The number of aromatic nitrogens is 6. The summed E-state index contributed by atoms with van der Waals surface area (Å²) in [4.78, 5) is 19.4. The zero-order chi connectivity index (χ0) is 17.4. The van der Waals surface area contributed by atoms with Crippen LogP contribution in [0.1, 0.15) is 25.1 Å². The quantitative estimate of drug-likeness (QED) is 0.782. The summed E-state index contributed by atoms with van der Waals surface area (Å²) in [6.07, 6.45) is 2.47. The Bertz CT molecular complexity index is 948. The van der Waals surface area contributed by atoms with Crippen LogP contribution in [0.25, 0.3) is 22.9 Å². The molecular formula is C17H20N6O2. The van der Waals surface area contributed by atoms with Gasteiger partial charge in [-0.1, -0.05) is 0 Å². The number of pyridine rings is 1. The second-order valence-electron chi connectivity index (χ2n) is 6.12. The van der Waals surface area contributed by atoms with Gasteiger partial charge in [-0.3, -0.25) is 9.48 Å². The lowest BCUT2D eigenvalue weighted by atomic mass is 10.2. The largest absolute Gasteiger partial charge is 0.379 e. The molecule has 1 saturated heterocycles. The average molecular weight is 340 g/mol.